The second-order valence-electron chi connectivity index (χ2n) is 4.39. The number of rotatable bonds is 5. The number of alkyl carbamates (subject to hydrolysis) is 1. The number of carbonyl (C=O) groups is 1. The molecule has 0 aliphatic rings. The van der Waals surface area contributed by atoms with Gasteiger partial charge in [0.1, 0.15) is 6.61 Å². The molecule has 22 heavy (non-hydrogen) atoms. The Bertz CT molecular complexity index is 722. The van der Waals surface area contributed by atoms with E-state index in [1.807, 2.05) is 30.3 Å². The highest BCUT2D eigenvalue weighted by molar-refractivity contribution is 5.67. The maximum atomic E-state index is 11.6. The molecule has 2 aromatic heterocycles. The van der Waals surface area contributed by atoms with Gasteiger partial charge in [0.15, 0.2) is 5.76 Å². The van der Waals surface area contributed by atoms with Gasteiger partial charge in [-0.05, 0) is 17.7 Å². The molecule has 1 amide bonds. The van der Waals surface area contributed by atoms with Gasteiger partial charge in [-0.25, -0.2) is 4.79 Å². The fourth-order valence-corrected chi connectivity index (χ4v) is 1.75. The number of carbonyl (C=O) groups excluding carboxylic acids is 1. The van der Waals surface area contributed by atoms with Crippen LogP contribution in [-0.4, -0.2) is 16.3 Å². The molecule has 3 aromatic rings. The maximum absolute atomic E-state index is 11.6. The summed E-state index contributed by atoms with van der Waals surface area (Å²) in [6, 6.07) is 12.8. The lowest BCUT2D eigenvalue weighted by Crippen LogP contribution is -2.23. The second kappa shape index (κ2) is 6.57. The lowest BCUT2D eigenvalue weighted by Gasteiger charge is -2.05. The summed E-state index contributed by atoms with van der Waals surface area (Å²) < 4.78 is 15.6. The maximum Gasteiger partial charge on any atom is 0.407 e. The molecule has 0 bridgehead atoms. The summed E-state index contributed by atoms with van der Waals surface area (Å²) >= 11 is 0. The van der Waals surface area contributed by atoms with Crippen molar-refractivity contribution in [1.29, 1.82) is 0 Å². The van der Waals surface area contributed by atoms with Crippen LogP contribution in [-0.2, 0) is 17.9 Å². The third-order valence-corrected chi connectivity index (χ3v) is 2.80. The SMILES string of the molecule is O=C(NCc1nnc(-c2ccco2)o1)OCc1ccccc1. The van der Waals surface area contributed by atoms with Crippen LogP contribution >= 0.6 is 0 Å². The Morgan fingerprint density at radius 1 is 1.14 bits per heavy atom. The van der Waals surface area contributed by atoms with Crippen molar-refractivity contribution in [2.24, 2.45) is 0 Å². The number of benzene rings is 1. The summed E-state index contributed by atoms with van der Waals surface area (Å²) in [6.45, 7) is 0.287. The first kappa shape index (κ1) is 13.9. The van der Waals surface area contributed by atoms with E-state index in [9.17, 15) is 4.79 Å². The number of ether oxygens (including phenoxy) is 1. The number of furan rings is 1. The average molecular weight is 299 g/mol. The van der Waals surface area contributed by atoms with Crippen molar-refractivity contribution in [2.45, 2.75) is 13.2 Å². The summed E-state index contributed by atoms with van der Waals surface area (Å²) in [5.74, 6) is 1.01. The minimum absolute atomic E-state index is 0.0847. The zero-order chi connectivity index (χ0) is 15.2. The van der Waals surface area contributed by atoms with Crippen molar-refractivity contribution < 1.29 is 18.4 Å². The highest BCUT2D eigenvalue weighted by atomic mass is 16.5. The molecular formula is C15H13N3O4. The van der Waals surface area contributed by atoms with Crippen LogP contribution in [0.15, 0.2) is 57.6 Å². The van der Waals surface area contributed by atoms with Crippen molar-refractivity contribution in [3.63, 3.8) is 0 Å². The van der Waals surface area contributed by atoms with E-state index in [1.54, 1.807) is 12.1 Å². The van der Waals surface area contributed by atoms with Crippen LogP contribution in [0, 0.1) is 0 Å². The Kier molecular flexibility index (Phi) is 4.15. The van der Waals surface area contributed by atoms with Crippen LogP contribution in [0.1, 0.15) is 11.5 Å². The van der Waals surface area contributed by atoms with Crippen molar-refractivity contribution in [1.82, 2.24) is 15.5 Å². The molecular weight excluding hydrogens is 286 g/mol. The molecule has 2 heterocycles. The van der Waals surface area contributed by atoms with E-state index in [0.717, 1.165) is 5.56 Å². The normalized spacial score (nSPS) is 10.4. The fourth-order valence-electron chi connectivity index (χ4n) is 1.75. The van der Waals surface area contributed by atoms with Crippen molar-refractivity contribution >= 4 is 6.09 Å². The minimum Gasteiger partial charge on any atom is -0.459 e. The Hall–Kier alpha value is -3.09. The van der Waals surface area contributed by atoms with Gasteiger partial charge >= 0.3 is 6.09 Å². The molecule has 1 N–H and O–H groups in total. The van der Waals surface area contributed by atoms with Gasteiger partial charge in [0, 0.05) is 0 Å². The molecule has 3 rings (SSSR count). The first-order chi connectivity index (χ1) is 10.8. The summed E-state index contributed by atoms with van der Waals surface area (Å²) in [5.41, 5.74) is 0.913. The zero-order valence-corrected chi connectivity index (χ0v) is 11.6. The Balaban J connectivity index is 1.47. The summed E-state index contributed by atoms with van der Waals surface area (Å²) in [5, 5.41) is 10.2. The predicted molar refractivity (Wildman–Crippen MR) is 75.5 cm³/mol. The van der Waals surface area contributed by atoms with Gasteiger partial charge in [-0.1, -0.05) is 30.3 Å². The van der Waals surface area contributed by atoms with Gasteiger partial charge in [0.25, 0.3) is 5.89 Å². The molecule has 0 aliphatic carbocycles. The third-order valence-electron chi connectivity index (χ3n) is 2.80. The first-order valence-corrected chi connectivity index (χ1v) is 6.62. The summed E-state index contributed by atoms with van der Waals surface area (Å²) in [4.78, 5) is 11.6. The largest absolute Gasteiger partial charge is 0.459 e. The van der Waals surface area contributed by atoms with E-state index < -0.39 is 6.09 Å². The molecule has 0 radical (unpaired) electrons. The molecule has 112 valence electrons. The summed E-state index contributed by atoms with van der Waals surface area (Å²) in [7, 11) is 0. The number of nitrogens with one attached hydrogen (secondary N) is 1. The Morgan fingerprint density at radius 3 is 2.77 bits per heavy atom. The van der Waals surface area contributed by atoms with Gasteiger partial charge in [0.05, 0.1) is 12.8 Å². The molecule has 0 saturated heterocycles. The lowest BCUT2D eigenvalue weighted by molar-refractivity contribution is 0.138. The van der Waals surface area contributed by atoms with Crippen LogP contribution < -0.4 is 5.32 Å². The summed E-state index contributed by atoms with van der Waals surface area (Å²) in [6.07, 6.45) is 0.958. The molecule has 1 aromatic carbocycles. The zero-order valence-electron chi connectivity index (χ0n) is 11.6. The van der Waals surface area contributed by atoms with Crippen molar-refractivity contribution in [3.05, 3.63) is 60.2 Å². The monoisotopic (exact) mass is 299 g/mol. The van der Waals surface area contributed by atoms with E-state index in [-0.39, 0.29) is 24.9 Å². The number of hydrogen-bond donors (Lipinski definition) is 1. The molecule has 0 aliphatic heterocycles. The highest BCUT2D eigenvalue weighted by Crippen LogP contribution is 2.17. The standard InChI is InChI=1S/C15H13N3O4/c19-15(21-10-11-5-2-1-3-6-11)16-9-13-17-18-14(22-13)12-7-4-8-20-12/h1-8H,9-10H2,(H,16,19). The van der Waals surface area contributed by atoms with Crippen LogP contribution in [0.25, 0.3) is 11.7 Å². The van der Waals surface area contributed by atoms with E-state index in [1.165, 1.54) is 6.26 Å². The molecule has 0 spiro atoms. The van der Waals surface area contributed by atoms with Gasteiger partial charge < -0.3 is 18.9 Å². The van der Waals surface area contributed by atoms with E-state index in [2.05, 4.69) is 15.5 Å². The molecule has 0 saturated carbocycles. The predicted octanol–water partition coefficient (Wildman–Crippen LogP) is 2.76. The lowest BCUT2D eigenvalue weighted by atomic mass is 10.2. The fraction of sp³-hybridized carbons (Fsp3) is 0.133. The Labute approximate surface area is 125 Å². The van der Waals surface area contributed by atoms with Crippen molar-refractivity contribution in [2.75, 3.05) is 0 Å². The van der Waals surface area contributed by atoms with E-state index in [0.29, 0.717) is 5.76 Å². The number of hydrogen-bond acceptors (Lipinski definition) is 6. The minimum atomic E-state index is -0.554. The van der Waals surface area contributed by atoms with E-state index in [4.69, 9.17) is 13.6 Å². The number of nitrogens with zero attached hydrogens (tertiary/aromatic N) is 2. The van der Waals surface area contributed by atoms with Gasteiger partial charge in [0.2, 0.25) is 5.89 Å². The Morgan fingerprint density at radius 2 is 2.00 bits per heavy atom. The molecule has 0 unspecified atom stereocenters. The first-order valence-electron chi connectivity index (χ1n) is 6.62. The topological polar surface area (TPSA) is 90.4 Å². The van der Waals surface area contributed by atoms with Crippen LogP contribution in [0.4, 0.5) is 4.79 Å². The van der Waals surface area contributed by atoms with Crippen LogP contribution in [0.3, 0.4) is 0 Å². The van der Waals surface area contributed by atoms with Gasteiger partial charge in [-0.2, -0.15) is 0 Å². The quantitative estimate of drug-likeness (QED) is 0.779. The second-order valence-corrected chi connectivity index (χ2v) is 4.39. The average Bonchev–Trinajstić information content (AvgIpc) is 3.22. The molecule has 7 nitrogen and oxygen atoms in total. The van der Waals surface area contributed by atoms with E-state index >= 15 is 0 Å². The van der Waals surface area contributed by atoms with Gasteiger partial charge in [-0.3, -0.25) is 0 Å². The molecule has 0 fully saturated rings. The molecule has 7 heteroatoms. The highest BCUT2D eigenvalue weighted by Gasteiger charge is 2.11. The van der Waals surface area contributed by atoms with Crippen molar-refractivity contribution in [3.8, 4) is 11.7 Å². The van der Waals surface area contributed by atoms with Crippen LogP contribution in [0.2, 0.25) is 0 Å². The van der Waals surface area contributed by atoms with Gasteiger partial charge in [-0.15, -0.1) is 10.2 Å². The number of amides is 1. The number of aromatic nitrogens is 2. The smallest absolute Gasteiger partial charge is 0.407 e. The molecule has 0 atom stereocenters. The van der Waals surface area contributed by atoms with Crippen LogP contribution in [0.5, 0.6) is 0 Å². The third kappa shape index (κ3) is 3.51.